The lowest BCUT2D eigenvalue weighted by molar-refractivity contribution is -0.117. The van der Waals surface area contributed by atoms with Crippen LogP contribution in [0.5, 0.6) is 0 Å². The van der Waals surface area contributed by atoms with Gasteiger partial charge in [-0.05, 0) is 31.6 Å². The van der Waals surface area contributed by atoms with Crippen LogP contribution < -0.4 is 0 Å². The maximum absolute atomic E-state index is 11.1. The quantitative estimate of drug-likeness (QED) is 0.458. The molecule has 0 N–H and O–H groups in total. The third-order valence-electron chi connectivity index (χ3n) is 3.20. The Labute approximate surface area is 99.6 Å². The van der Waals surface area contributed by atoms with E-state index in [9.17, 15) is 4.79 Å². The molecule has 90 valence electrons. The Balaban J connectivity index is 2.00. The van der Waals surface area contributed by atoms with Crippen molar-refractivity contribution in [2.24, 2.45) is 5.92 Å². The predicted octanol–water partition coefficient (Wildman–Crippen LogP) is 4.44. The summed E-state index contributed by atoms with van der Waals surface area (Å²) in [5.74, 6) is 1.13. The van der Waals surface area contributed by atoms with E-state index in [4.69, 9.17) is 0 Å². The molecule has 0 aliphatic heterocycles. The SMILES string of the molecule is CCCC/C=C\C=C/CCC1CCC(=O)C1. The van der Waals surface area contributed by atoms with E-state index >= 15 is 0 Å². The minimum Gasteiger partial charge on any atom is -0.300 e. The van der Waals surface area contributed by atoms with Gasteiger partial charge in [0.05, 0.1) is 0 Å². The summed E-state index contributed by atoms with van der Waals surface area (Å²) in [7, 11) is 0. The van der Waals surface area contributed by atoms with Crippen molar-refractivity contribution in [2.75, 3.05) is 0 Å². The van der Waals surface area contributed by atoms with Crippen LogP contribution in [0.15, 0.2) is 24.3 Å². The summed E-state index contributed by atoms with van der Waals surface area (Å²) >= 11 is 0. The summed E-state index contributed by atoms with van der Waals surface area (Å²) in [6.07, 6.45) is 17.6. The maximum Gasteiger partial charge on any atom is 0.133 e. The van der Waals surface area contributed by atoms with Crippen LogP contribution >= 0.6 is 0 Å². The molecule has 1 aliphatic carbocycles. The minimum atomic E-state index is 0.466. The Morgan fingerprint density at radius 3 is 2.62 bits per heavy atom. The van der Waals surface area contributed by atoms with E-state index in [-0.39, 0.29) is 0 Å². The zero-order valence-corrected chi connectivity index (χ0v) is 10.5. The molecule has 1 aliphatic rings. The summed E-state index contributed by atoms with van der Waals surface area (Å²) in [6, 6.07) is 0. The second-order valence-corrected chi connectivity index (χ2v) is 4.72. The maximum atomic E-state index is 11.1. The predicted molar refractivity (Wildman–Crippen MR) is 69.4 cm³/mol. The number of hydrogen-bond acceptors (Lipinski definition) is 1. The molecular weight excluding hydrogens is 196 g/mol. The average Bonchev–Trinajstić information content (AvgIpc) is 2.68. The summed E-state index contributed by atoms with van der Waals surface area (Å²) in [4.78, 5) is 11.1. The zero-order valence-electron chi connectivity index (χ0n) is 10.5. The van der Waals surface area contributed by atoms with Crippen LogP contribution in [0.25, 0.3) is 0 Å². The second-order valence-electron chi connectivity index (χ2n) is 4.72. The molecule has 1 rings (SSSR count). The molecule has 1 nitrogen and oxygen atoms in total. The largest absolute Gasteiger partial charge is 0.300 e. The van der Waals surface area contributed by atoms with Gasteiger partial charge in [0.2, 0.25) is 0 Å². The highest BCUT2D eigenvalue weighted by Gasteiger charge is 2.20. The van der Waals surface area contributed by atoms with Crippen molar-refractivity contribution in [3.63, 3.8) is 0 Å². The smallest absolute Gasteiger partial charge is 0.133 e. The standard InChI is InChI=1S/C15H24O/c1-2-3-4-5-6-7-8-9-10-14-11-12-15(16)13-14/h5-8,14H,2-4,9-13H2,1H3/b6-5-,8-7-. The van der Waals surface area contributed by atoms with Gasteiger partial charge in [0.15, 0.2) is 0 Å². The fourth-order valence-corrected chi connectivity index (χ4v) is 2.14. The molecule has 0 bridgehead atoms. The van der Waals surface area contributed by atoms with Crippen LogP contribution in [0.3, 0.4) is 0 Å². The molecule has 0 radical (unpaired) electrons. The van der Waals surface area contributed by atoms with Gasteiger partial charge in [-0.25, -0.2) is 0 Å². The fourth-order valence-electron chi connectivity index (χ4n) is 2.14. The van der Waals surface area contributed by atoms with E-state index in [1.54, 1.807) is 0 Å². The Morgan fingerprint density at radius 2 is 2.00 bits per heavy atom. The first-order valence-electron chi connectivity index (χ1n) is 6.66. The molecular formula is C15H24O. The van der Waals surface area contributed by atoms with E-state index in [1.807, 2.05) is 0 Å². The fraction of sp³-hybridized carbons (Fsp3) is 0.667. The number of allylic oxidation sites excluding steroid dienone is 4. The molecule has 0 spiro atoms. The van der Waals surface area contributed by atoms with Gasteiger partial charge >= 0.3 is 0 Å². The van der Waals surface area contributed by atoms with E-state index in [0.717, 1.165) is 25.7 Å². The van der Waals surface area contributed by atoms with Crippen LogP contribution in [0, 0.1) is 5.92 Å². The van der Waals surface area contributed by atoms with Crippen molar-refractivity contribution in [1.82, 2.24) is 0 Å². The molecule has 0 aromatic heterocycles. The normalized spacial score (nSPS) is 21.6. The van der Waals surface area contributed by atoms with Crippen LogP contribution in [0.4, 0.5) is 0 Å². The lowest BCUT2D eigenvalue weighted by Crippen LogP contribution is -1.93. The molecule has 1 atom stereocenters. The number of rotatable bonds is 7. The summed E-state index contributed by atoms with van der Waals surface area (Å²) in [6.45, 7) is 2.21. The van der Waals surface area contributed by atoms with E-state index in [0.29, 0.717) is 11.7 Å². The van der Waals surface area contributed by atoms with Gasteiger partial charge in [0.25, 0.3) is 0 Å². The van der Waals surface area contributed by atoms with Gasteiger partial charge in [-0.15, -0.1) is 0 Å². The first-order chi connectivity index (χ1) is 7.83. The highest BCUT2D eigenvalue weighted by atomic mass is 16.1. The molecule has 1 fully saturated rings. The number of Topliss-reactive ketones (excluding diaryl/α,β-unsaturated/α-hetero) is 1. The third kappa shape index (κ3) is 5.89. The Hall–Kier alpha value is -0.850. The molecule has 0 amide bonds. The lowest BCUT2D eigenvalue weighted by atomic mass is 10.0. The minimum absolute atomic E-state index is 0.466. The first-order valence-corrected chi connectivity index (χ1v) is 6.66. The number of ketones is 1. The van der Waals surface area contributed by atoms with Gasteiger partial charge < -0.3 is 0 Å². The molecule has 1 heteroatoms. The molecule has 0 saturated heterocycles. The van der Waals surface area contributed by atoms with Gasteiger partial charge in [-0.3, -0.25) is 4.79 Å². The monoisotopic (exact) mass is 220 g/mol. The number of hydrogen-bond donors (Lipinski definition) is 0. The Morgan fingerprint density at radius 1 is 1.25 bits per heavy atom. The molecule has 16 heavy (non-hydrogen) atoms. The molecule has 1 saturated carbocycles. The highest BCUT2D eigenvalue weighted by Crippen LogP contribution is 2.26. The van der Waals surface area contributed by atoms with Crippen LogP contribution in [0.1, 0.15) is 58.3 Å². The number of carbonyl (C=O) groups is 1. The van der Waals surface area contributed by atoms with Gasteiger partial charge in [0, 0.05) is 12.8 Å². The Kier molecular flexibility index (Phi) is 6.87. The van der Waals surface area contributed by atoms with Crippen molar-refractivity contribution in [2.45, 2.75) is 58.3 Å². The summed E-state index contributed by atoms with van der Waals surface area (Å²) in [5.41, 5.74) is 0. The van der Waals surface area contributed by atoms with Crippen LogP contribution in [0.2, 0.25) is 0 Å². The molecule has 1 unspecified atom stereocenters. The first kappa shape index (κ1) is 13.2. The van der Waals surface area contributed by atoms with E-state index in [2.05, 4.69) is 31.2 Å². The van der Waals surface area contributed by atoms with Gasteiger partial charge in [-0.1, -0.05) is 44.1 Å². The molecule has 0 aromatic carbocycles. The van der Waals surface area contributed by atoms with E-state index in [1.165, 1.54) is 25.7 Å². The lowest BCUT2D eigenvalue weighted by Gasteiger charge is -2.03. The van der Waals surface area contributed by atoms with Crippen LogP contribution in [-0.4, -0.2) is 5.78 Å². The van der Waals surface area contributed by atoms with Crippen molar-refractivity contribution in [3.05, 3.63) is 24.3 Å². The average molecular weight is 220 g/mol. The zero-order chi connectivity index (χ0) is 11.6. The molecule has 0 aromatic rings. The van der Waals surface area contributed by atoms with Crippen molar-refractivity contribution >= 4 is 5.78 Å². The summed E-state index contributed by atoms with van der Waals surface area (Å²) in [5, 5.41) is 0. The molecule has 0 heterocycles. The number of carbonyl (C=O) groups excluding carboxylic acids is 1. The Bertz CT molecular complexity index is 250. The second kappa shape index (κ2) is 8.32. The van der Waals surface area contributed by atoms with Crippen LogP contribution in [-0.2, 0) is 4.79 Å². The number of unbranched alkanes of at least 4 members (excludes halogenated alkanes) is 2. The third-order valence-corrected chi connectivity index (χ3v) is 3.20. The summed E-state index contributed by atoms with van der Waals surface area (Å²) < 4.78 is 0. The van der Waals surface area contributed by atoms with Crippen molar-refractivity contribution in [3.8, 4) is 0 Å². The highest BCUT2D eigenvalue weighted by molar-refractivity contribution is 5.80. The van der Waals surface area contributed by atoms with Gasteiger partial charge in [0.1, 0.15) is 5.78 Å². The van der Waals surface area contributed by atoms with Crippen molar-refractivity contribution < 1.29 is 4.79 Å². The van der Waals surface area contributed by atoms with E-state index < -0.39 is 0 Å². The topological polar surface area (TPSA) is 17.1 Å². The van der Waals surface area contributed by atoms with Crippen molar-refractivity contribution in [1.29, 1.82) is 0 Å². The van der Waals surface area contributed by atoms with Gasteiger partial charge in [-0.2, -0.15) is 0 Å².